The summed E-state index contributed by atoms with van der Waals surface area (Å²) in [4.78, 5) is 18.6. The molecule has 1 amide bonds. The van der Waals surface area contributed by atoms with Crippen LogP contribution >= 0.6 is 0 Å². The van der Waals surface area contributed by atoms with Crippen molar-refractivity contribution < 1.29 is 9.53 Å². The molecule has 23 heavy (non-hydrogen) atoms. The monoisotopic (exact) mass is 317 g/mol. The molecular formula is C16H23N5O2. The molecular weight excluding hydrogens is 294 g/mol. The first-order chi connectivity index (χ1) is 11.0. The fraction of sp³-hybridized carbons (Fsp3) is 0.438. The lowest BCUT2D eigenvalue weighted by molar-refractivity contribution is -0.117. The molecule has 0 aliphatic heterocycles. The van der Waals surface area contributed by atoms with Gasteiger partial charge >= 0.3 is 0 Å². The number of nitrogens with one attached hydrogen (secondary N) is 1. The Balaban J connectivity index is 2.02. The lowest BCUT2D eigenvalue weighted by atomic mass is 10.1. The molecule has 7 heteroatoms. The summed E-state index contributed by atoms with van der Waals surface area (Å²) in [6, 6.07) is 5.65. The lowest BCUT2D eigenvalue weighted by Gasteiger charge is -2.26. The molecule has 1 atom stereocenters. The van der Waals surface area contributed by atoms with Gasteiger partial charge in [-0.15, -0.1) is 0 Å². The summed E-state index contributed by atoms with van der Waals surface area (Å²) in [5.74, 6) is -0.0966. The average Bonchev–Trinajstić information content (AvgIpc) is 2.85. The maximum Gasteiger partial charge on any atom is 0.238 e. The Morgan fingerprint density at radius 3 is 2.83 bits per heavy atom. The zero-order valence-corrected chi connectivity index (χ0v) is 14.0. The van der Waals surface area contributed by atoms with Gasteiger partial charge in [0.25, 0.3) is 0 Å². The molecule has 124 valence electrons. The Labute approximate surface area is 136 Å². The van der Waals surface area contributed by atoms with E-state index in [1.807, 2.05) is 44.1 Å². The second-order valence-corrected chi connectivity index (χ2v) is 5.46. The van der Waals surface area contributed by atoms with Crippen LogP contribution in [0.4, 0.5) is 5.69 Å². The van der Waals surface area contributed by atoms with Crippen LogP contribution in [0.15, 0.2) is 30.6 Å². The summed E-state index contributed by atoms with van der Waals surface area (Å²) >= 11 is 0. The van der Waals surface area contributed by atoms with E-state index in [-0.39, 0.29) is 18.5 Å². The highest BCUT2D eigenvalue weighted by atomic mass is 16.5. The first-order valence-electron chi connectivity index (χ1n) is 7.41. The number of hydrogen-bond acceptors (Lipinski definition) is 5. The first-order valence-corrected chi connectivity index (χ1v) is 7.41. The molecule has 1 N–H and O–H groups in total. The predicted octanol–water partition coefficient (Wildman–Crippen LogP) is 1.38. The van der Waals surface area contributed by atoms with Gasteiger partial charge in [0.2, 0.25) is 5.91 Å². The smallest absolute Gasteiger partial charge is 0.238 e. The summed E-state index contributed by atoms with van der Waals surface area (Å²) in [5.41, 5.74) is 2.52. The standard InChI is InChI=1S/C16H23N5O2/c1-12-14(9-18-21(12)3)19-16(22)10-20(2)15(11-23-4)13-7-5-6-8-17-13/h5-9,15H,10-11H2,1-4H3,(H,19,22)/t15-/m1/s1. The van der Waals surface area contributed by atoms with E-state index in [1.165, 1.54) is 0 Å². The van der Waals surface area contributed by atoms with E-state index >= 15 is 0 Å². The normalized spacial score (nSPS) is 12.4. The van der Waals surface area contributed by atoms with Crippen LogP contribution in [0.5, 0.6) is 0 Å². The van der Waals surface area contributed by atoms with Gasteiger partial charge in [-0.05, 0) is 26.1 Å². The van der Waals surface area contributed by atoms with Gasteiger partial charge in [0.15, 0.2) is 0 Å². The van der Waals surface area contributed by atoms with Crippen LogP contribution in [0.1, 0.15) is 17.4 Å². The van der Waals surface area contributed by atoms with E-state index < -0.39 is 0 Å². The van der Waals surface area contributed by atoms with Crippen LogP contribution in [0.25, 0.3) is 0 Å². The quantitative estimate of drug-likeness (QED) is 0.835. The lowest BCUT2D eigenvalue weighted by Crippen LogP contribution is -2.35. The number of pyridine rings is 1. The van der Waals surface area contributed by atoms with E-state index in [0.717, 1.165) is 17.1 Å². The molecule has 2 rings (SSSR count). The summed E-state index contributed by atoms with van der Waals surface area (Å²) in [6.07, 6.45) is 3.39. The summed E-state index contributed by atoms with van der Waals surface area (Å²) in [7, 11) is 5.36. The Morgan fingerprint density at radius 1 is 1.48 bits per heavy atom. The summed E-state index contributed by atoms with van der Waals surface area (Å²) in [6.45, 7) is 2.61. The van der Waals surface area contributed by atoms with Crippen molar-refractivity contribution in [1.29, 1.82) is 0 Å². The van der Waals surface area contributed by atoms with Crippen molar-refractivity contribution in [3.63, 3.8) is 0 Å². The van der Waals surface area contributed by atoms with Crippen LogP contribution in [-0.2, 0) is 16.6 Å². The molecule has 0 spiro atoms. The zero-order chi connectivity index (χ0) is 16.8. The van der Waals surface area contributed by atoms with E-state index in [0.29, 0.717) is 6.61 Å². The molecule has 0 bridgehead atoms. The molecule has 0 aliphatic carbocycles. The topological polar surface area (TPSA) is 72.3 Å². The van der Waals surface area contributed by atoms with Crippen LogP contribution < -0.4 is 5.32 Å². The van der Waals surface area contributed by atoms with Crippen molar-refractivity contribution in [3.05, 3.63) is 42.0 Å². The molecule has 0 saturated heterocycles. The summed E-state index contributed by atoms with van der Waals surface area (Å²) in [5, 5.41) is 7.00. The number of methoxy groups -OCH3 is 1. The molecule has 2 aromatic heterocycles. The van der Waals surface area contributed by atoms with Crippen LogP contribution in [0, 0.1) is 6.92 Å². The van der Waals surface area contributed by atoms with E-state index in [1.54, 1.807) is 24.2 Å². The van der Waals surface area contributed by atoms with Gasteiger partial charge < -0.3 is 10.1 Å². The molecule has 2 heterocycles. The second kappa shape index (κ2) is 7.85. The number of nitrogens with zero attached hydrogens (tertiary/aromatic N) is 4. The molecule has 0 aliphatic rings. The van der Waals surface area contributed by atoms with E-state index in [9.17, 15) is 4.79 Å². The van der Waals surface area contributed by atoms with Gasteiger partial charge in [0, 0.05) is 20.4 Å². The Kier molecular flexibility index (Phi) is 5.84. The number of rotatable bonds is 7. The van der Waals surface area contributed by atoms with Crippen molar-refractivity contribution in [1.82, 2.24) is 19.7 Å². The highest BCUT2D eigenvalue weighted by molar-refractivity contribution is 5.92. The van der Waals surface area contributed by atoms with E-state index in [4.69, 9.17) is 4.74 Å². The maximum atomic E-state index is 12.3. The van der Waals surface area contributed by atoms with Crippen molar-refractivity contribution in [2.24, 2.45) is 7.05 Å². The third-order valence-electron chi connectivity index (χ3n) is 3.79. The molecule has 0 saturated carbocycles. The third kappa shape index (κ3) is 4.37. The van der Waals surface area contributed by atoms with Crippen molar-refractivity contribution in [2.75, 3.05) is 32.6 Å². The van der Waals surface area contributed by atoms with Crippen LogP contribution in [-0.4, -0.2) is 52.9 Å². The number of carbonyl (C=O) groups excluding carboxylic acids is 1. The highest BCUT2D eigenvalue weighted by Gasteiger charge is 2.21. The molecule has 7 nitrogen and oxygen atoms in total. The fourth-order valence-corrected chi connectivity index (χ4v) is 2.32. The number of ether oxygens (including phenoxy) is 1. The fourth-order valence-electron chi connectivity index (χ4n) is 2.32. The largest absolute Gasteiger partial charge is 0.383 e. The van der Waals surface area contributed by atoms with Gasteiger partial charge in [-0.25, -0.2) is 0 Å². The maximum absolute atomic E-state index is 12.3. The number of aromatic nitrogens is 3. The van der Waals surface area contributed by atoms with Gasteiger partial charge in [0.1, 0.15) is 0 Å². The minimum atomic E-state index is -0.0966. The Morgan fingerprint density at radius 2 is 2.26 bits per heavy atom. The summed E-state index contributed by atoms with van der Waals surface area (Å²) < 4.78 is 7.00. The number of carbonyl (C=O) groups is 1. The number of anilines is 1. The molecule has 0 radical (unpaired) electrons. The van der Waals surface area contributed by atoms with Gasteiger partial charge in [-0.3, -0.25) is 19.4 Å². The minimum Gasteiger partial charge on any atom is -0.383 e. The number of aryl methyl sites for hydroxylation is 1. The first kappa shape index (κ1) is 17.1. The number of hydrogen-bond donors (Lipinski definition) is 1. The van der Waals surface area contributed by atoms with Crippen LogP contribution in [0.3, 0.4) is 0 Å². The van der Waals surface area contributed by atoms with Gasteiger partial charge in [0.05, 0.1) is 42.5 Å². The van der Waals surface area contributed by atoms with Crippen molar-refractivity contribution in [2.45, 2.75) is 13.0 Å². The Bertz CT molecular complexity index is 641. The number of amides is 1. The minimum absolute atomic E-state index is 0.0815. The zero-order valence-electron chi connectivity index (χ0n) is 14.0. The highest BCUT2D eigenvalue weighted by Crippen LogP contribution is 2.18. The van der Waals surface area contributed by atoms with Crippen molar-refractivity contribution in [3.8, 4) is 0 Å². The third-order valence-corrected chi connectivity index (χ3v) is 3.79. The van der Waals surface area contributed by atoms with E-state index in [2.05, 4.69) is 15.4 Å². The van der Waals surface area contributed by atoms with Crippen molar-refractivity contribution >= 4 is 11.6 Å². The van der Waals surface area contributed by atoms with Crippen LogP contribution in [0.2, 0.25) is 0 Å². The predicted molar refractivity (Wildman–Crippen MR) is 88.1 cm³/mol. The molecule has 2 aromatic rings. The molecule has 0 fully saturated rings. The van der Waals surface area contributed by atoms with Gasteiger partial charge in [-0.1, -0.05) is 6.07 Å². The average molecular weight is 317 g/mol. The number of likely N-dealkylation sites (N-methyl/N-ethyl adjacent to an activating group) is 1. The van der Waals surface area contributed by atoms with Gasteiger partial charge in [-0.2, -0.15) is 5.10 Å². The SMILES string of the molecule is COC[C@H](c1ccccn1)N(C)CC(=O)Nc1cnn(C)c1C. The molecule has 0 aromatic carbocycles. The Hall–Kier alpha value is -2.25. The second-order valence-electron chi connectivity index (χ2n) is 5.46. The molecule has 0 unspecified atom stereocenters.